The van der Waals surface area contributed by atoms with E-state index in [0.29, 0.717) is 17.7 Å². The average Bonchev–Trinajstić information content (AvgIpc) is 2.43. The minimum atomic E-state index is -3.96. The highest BCUT2D eigenvalue weighted by molar-refractivity contribution is 7.89. The molecule has 1 amide bonds. The van der Waals surface area contributed by atoms with Gasteiger partial charge in [0.2, 0.25) is 10.0 Å². The van der Waals surface area contributed by atoms with Crippen molar-refractivity contribution in [1.82, 2.24) is 0 Å². The van der Waals surface area contributed by atoms with Crippen molar-refractivity contribution >= 4 is 33.2 Å². The third-order valence-electron chi connectivity index (χ3n) is 3.01. The number of amides is 1. The molecule has 2 rings (SSSR count). The molecule has 0 aliphatic heterocycles. The fourth-order valence-electron chi connectivity index (χ4n) is 1.88. The number of carbonyl (C=O) groups is 1. The van der Waals surface area contributed by atoms with Crippen LogP contribution in [0.5, 0.6) is 0 Å². The van der Waals surface area contributed by atoms with Gasteiger partial charge in [0, 0.05) is 5.69 Å². The minimum absolute atomic E-state index is 0.116. The third-order valence-corrected chi connectivity index (χ3v) is 4.37. The van der Waals surface area contributed by atoms with Crippen LogP contribution in [0.3, 0.4) is 0 Å². The Hall–Kier alpha value is -2.03. The predicted octanol–water partition coefficient (Wildman–Crippen LogP) is 2.83. The van der Waals surface area contributed by atoms with E-state index in [2.05, 4.69) is 5.32 Å². The summed E-state index contributed by atoms with van der Waals surface area (Å²) in [7, 11) is -3.96. The summed E-state index contributed by atoms with van der Waals surface area (Å²) in [5, 5.41) is 7.15. The Bertz CT molecular complexity index is 901. The van der Waals surface area contributed by atoms with Gasteiger partial charge in [0.25, 0.3) is 5.91 Å². The molecule has 0 bridgehead atoms. The van der Waals surface area contributed by atoms with Gasteiger partial charge in [-0.15, -0.1) is 0 Å². The van der Waals surface area contributed by atoms with Crippen molar-refractivity contribution in [1.29, 1.82) is 0 Å². The second kappa shape index (κ2) is 6.23. The van der Waals surface area contributed by atoms with Crippen LogP contribution in [-0.2, 0) is 10.0 Å². The number of primary sulfonamides is 1. The zero-order valence-corrected chi connectivity index (χ0v) is 13.3. The van der Waals surface area contributed by atoms with Gasteiger partial charge in [-0.25, -0.2) is 22.3 Å². The number of sulfonamides is 1. The lowest BCUT2D eigenvalue weighted by atomic mass is 10.1. The maximum absolute atomic E-state index is 13.2. The van der Waals surface area contributed by atoms with Crippen LogP contribution in [0.15, 0.2) is 35.2 Å². The quantitative estimate of drug-likeness (QED) is 0.825. The van der Waals surface area contributed by atoms with E-state index in [1.807, 2.05) is 0 Å². The summed E-state index contributed by atoms with van der Waals surface area (Å²) in [6.07, 6.45) is 0. The minimum Gasteiger partial charge on any atom is -0.322 e. The molecule has 0 unspecified atom stereocenters. The van der Waals surface area contributed by atoms with Gasteiger partial charge in [0.15, 0.2) is 11.6 Å². The molecule has 0 radical (unpaired) electrons. The highest BCUT2D eigenvalue weighted by atomic mass is 35.5. The van der Waals surface area contributed by atoms with Gasteiger partial charge in [-0.05, 0) is 36.8 Å². The maximum atomic E-state index is 13.2. The number of benzene rings is 2. The SMILES string of the molecule is Cc1ccc(NC(=O)c2cc(F)c(F)cc2Cl)cc1S(N)(=O)=O. The summed E-state index contributed by atoms with van der Waals surface area (Å²) in [6, 6.07) is 5.38. The monoisotopic (exact) mass is 360 g/mol. The van der Waals surface area contributed by atoms with E-state index in [1.54, 1.807) is 0 Å². The molecule has 0 saturated heterocycles. The van der Waals surface area contributed by atoms with Gasteiger partial charge in [0.1, 0.15) is 0 Å². The lowest BCUT2D eigenvalue weighted by Crippen LogP contribution is -2.16. The van der Waals surface area contributed by atoms with Crippen molar-refractivity contribution in [2.45, 2.75) is 11.8 Å². The summed E-state index contributed by atoms with van der Waals surface area (Å²) in [5.41, 5.74) is 0.227. The van der Waals surface area contributed by atoms with Gasteiger partial charge >= 0.3 is 0 Å². The zero-order chi connectivity index (χ0) is 17.4. The number of aryl methyl sites for hydroxylation is 1. The smallest absolute Gasteiger partial charge is 0.257 e. The molecular weight excluding hydrogens is 350 g/mol. The Balaban J connectivity index is 2.37. The number of rotatable bonds is 3. The second-order valence-corrected chi connectivity index (χ2v) is 6.66. The number of nitrogens with two attached hydrogens (primary N) is 1. The first-order valence-electron chi connectivity index (χ1n) is 6.19. The van der Waals surface area contributed by atoms with E-state index in [4.69, 9.17) is 16.7 Å². The molecule has 0 aromatic heterocycles. The van der Waals surface area contributed by atoms with Gasteiger partial charge in [-0.2, -0.15) is 0 Å². The van der Waals surface area contributed by atoms with Crippen LogP contribution in [-0.4, -0.2) is 14.3 Å². The van der Waals surface area contributed by atoms with Crippen LogP contribution in [0, 0.1) is 18.6 Å². The summed E-state index contributed by atoms with van der Waals surface area (Å²) in [6.45, 7) is 1.54. The van der Waals surface area contributed by atoms with E-state index < -0.39 is 27.6 Å². The van der Waals surface area contributed by atoms with E-state index in [1.165, 1.54) is 19.1 Å². The van der Waals surface area contributed by atoms with Crippen molar-refractivity contribution < 1.29 is 22.0 Å². The molecule has 0 spiro atoms. The molecule has 0 aliphatic carbocycles. The number of hydrogen-bond acceptors (Lipinski definition) is 3. The summed E-state index contributed by atoms with van der Waals surface area (Å²) in [5.74, 6) is -3.23. The molecule has 2 aromatic carbocycles. The molecule has 23 heavy (non-hydrogen) atoms. The molecular formula is C14H11ClF2N2O3S. The van der Waals surface area contributed by atoms with Gasteiger partial charge in [-0.1, -0.05) is 17.7 Å². The van der Waals surface area contributed by atoms with Crippen LogP contribution in [0.25, 0.3) is 0 Å². The molecule has 0 heterocycles. The fourth-order valence-corrected chi connectivity index (χ4v) is 2.92. The Morgan fingerprint density at radius 2 is 1.78 bits per heavy atom. The average molecular weight is 361 g/mol. The van der Waals surface area contributed by atoms with Crippen LogP contribution < -0.4 is 10.5 Å². The molecule has 0 aliphatic rings. The van der Waals surface area contributed by atoms with Crippen molar-refractivity contribution in [3.63, 3.8) is 0 Å². The summed E-state index contributed by atoms with van der Waals surface area (Å²) < 4.78 is 49.1. The Labute approximate surface area is 136 Å². The second-order valence-electron chi connectivity index (χ2n) is 4.73. The van der Waals surface area contributed by atoms with E-state index in [9.17, 15) is 22.0 Å². The van der Waals surface area contributed by atoms with Crippen LogP contribution in [0.2, 0.25) is 5.02 Å². The molecule has 0 saturated carbocycles. The van der Waals surface area contributed by atoms with E-state index in [-0.39, 0.29) is 21.2 Å². The first-order chi connectivity index (χ1) is 10.6. The first-order valence-corrected chi connectivity index (χ1v) is 8.11. The van der Waals surface area contributed by atoms with Gasteiger partial charge in [-0.3, -0.25) is 4.79 Å². The largest absolute Gasteiger partial charge is 0.322 e. The third kappa shape index (κ3) is 3.84. The highest BCUT2D eigenvalue weighted by Gasteiger charge is 2.17. The topological polar surface area (TPSA) is 89.3 Å². The highest BCUT2D eigenvalue weighted by Crippen LogP contribution is 2.23. The van der Waals surface area contributed by atoms with Crippen molar-refractivity contribution in [2.24, 2.45) is 5.14 Å². The fraction of sp³-hybridized carbons (Fsp3) is 0.0714. The van der Waals surface area contributed by atoms with Crippen molar-refractivity contribution in [3.05, 3.63) is 58.1 Å². The molecule has 0 atom stereocenters. The number of halogens is 3. The normalized spacial score (nSPS) is 11.3. The number of anilines is 1. The van der Waals surface area contributed by atoms with Crippen LogP contribution >= 0.6 is 11.6 Å². The maximum Gasteiger partial charge on any atom is 0.257 e. The summed E-state index contributed by atoms with van der Waals surface area (Å²) >= 11 is 5.71. The molecule has 2 aromatic rings. The van der Waals surface area contributed by atoms with E-state index >= 15 is 0 Å². The number of hydrogen-bond donors (Lipinski definition) is 2. The molecule has 3 N–H and O–H groups in total. The molecule has 5 nitrogen and oxygen atoms in total. The Kier molecular flexibility index (Phi) is 4.69. The summed E-state index contributed by atoms with van der Waals surface area (Å²) in [4.78, 5) is 11.9. The van der Waals surface area contributed by atoms with Crippen LogP contribution in [0.4, 0.5) is 14.5 Å². The molecule has 9 heteroatoms. The predicted molar refractivity (Wildman–Crippen MR) is 81.9 cm³/mol. The van der Waals surface area contributed by atoms with Crippen molar-refractivity contribution in [3.8, 4) is 0 Å². The van der Waals surface area contributed by atoms with Crippen molar-refractivity contribution in [2.75, 3.05) is 5.32 Å². The standard InChI is InChI=1S/C14H11ClF2N2O3S/c1-7-2-3-8(4-13(7)23(18,21)22)19-14(20)9-5-11(16)12(17)6-10(9)15/h2-6H,1H3,(H,19,20)(H2,18,21,22). The Morgan fingerprint density at radius 3 is 2.39 bits per heavy atom. The van der Waals surface area contributed by atoms with Gasteiger partial charge in [0.05, 0.1) is 15.5 Å². The number of carbonyl (C=O) groups excluding carboxylic acids is 1. The van der Waals surface area contributed by atoms with Gasteiger partial charge < -0.3 is 5.32 Å². The Morgan fingerprint density at radius 1 is 1.17 bits per heavy atom. The molecule has 122 valence electrons. The van der Waals surface area contributed by atoms with E-state index in [0.717, 1.165) is 6.07 Å². The molecule has 0 fully saturated rings. The first kappa shape index (κ1) is 17.3. The number of nitrogens with one attached hydrogen (secondary N) is 1. The zero-order valence-electron chi connectivity index (χ0n) is 11.7. The lowest BCUT2D eigenvalue weighted by Gasteiger charge is -2.10. The lowest BCUT2D eigenvalue weighted by molar-refractivity contribution is 0.102. The van der Waals surface area contributed by atoms with Crippen LogP contribution in [0.1, 0.15) is 15.9 Å².